The van der Waals surface area contributed by atoms with Crippen LogP contribution in [0.3, 0.4) is 0 Å². The molecule has 0 fully saturated rings. The van der Waals surface area contributed by atoms with Crippen molar-refractivity contribution in [3.8, 4) is 0 Å². The number of aromatic nitrogens is 2. The molecule has 0 radical (unpaired) electrons. The highest BCUT2D eigenvalue weighted by Crippen LogP contribution is 2.21. The third kappa shape index (κ3) is 5.07. The first kappa shape index (κ1) is 16.4. The van der Waals surface area contributed by atoms with E-state index < -0.39 is 0 Å². The van der Waals surface area contributed by atoms with Crippen LogP contribution in [-0.4, -0.2) is 29.2 Å². The molecule has 1 aromatic carbocycles. The van der Waals surface area contributed by atoms with Crippen LogP contribution >= 0.6 is 11.3 Å². The number of rotatable bonds is 7. The standard InChI is InChI=1S/C15H19FN4OS/c1-10(2)14-19-20-15(22-14)18-7-6-17-13(21)9-11-4-3-5-12(16)8-11/h3-5,8,10H,6-7,9H2,1-2H3,(H,17,21)(H,18,20). The molecule has 0 atom stereocenters. The number of hydrogen-bond acceptors (Lipinski definition) is 5. The first-order chi connectivity index (χ1) is 10.5. The van der Waals surface area contributed by atoms with Gasteiger partial charge in [0.25, 0.3) is 0 Å². The van der Waals surface area contributed by atoms with Crippen LogP contribution in [0.15, 0.2) is 24.3 Å². The molecule has 0 aliphatic carbocycles. The zero-order chi connectivity index (χ0) is 15.9. The number of hydrogen-bond donors (Lipinski definition) is 2. The predicted octanol–water partition coefficient (Wildman–Crippen LogP) is 2.57. The highest BCUT2D eigenvalue weighted by molar-refractivity contribution is 7.15. The highest BCUT2D eigenvalue weighted by Gasteiger charge is 2.07. The van der Waals surface area contributed by atoms with Crippen LogP contribution in [0.25, 0.3) is 0 Å². The minimum absolute atomic E-state index is 0.132. The molecule has 118 valence electrons. The Labute approximate surface area is 133 Å². The van der Waals surface area contributed by atoms with Crippen LogP contribution in [0.5, 0.6) is 0 Å². The zero-order valence-corrected chi connectivity index (χ0v) is 13.4. The van der Waals surface area contributed by atoms with Crippen LogP contribution in [0, 0.1) is 5.82 Å². The van der Waals surface area contributed by atoms with Crippen LogP contribution in [0.2, 0.25) is 0 Å². The molecule has 5 nitrogen and oxygen atoms in total. The molecule has 0 aliphatic rings. The molecule has 0 unspecified atom stereocenters. The van der Waals surface area contributed by atoms with Gasteiger partial charge in [-0.15, -0.1) is 10.2 Å². The lowest BCUT2D eigenvalue weighted by atomic mass is 10.1. The molecular weight excluding hydrogens is 303 g/mol. The zero-order valence-electron chi connectivity index (χ0n) is 12.6. The number of nitrogens with one attached hydrogen (secondary N) is 2. The summed E-state index contributed by atoms with van der Waals surface area (Å²) >= 11 is 1.52. The molecule has 0 spiro atoms. The van der Waals surface area contributed by atoms with Crippen LogP contribution in [-0.2, 0) is 11.2 Å². The molecule has 2 rings (SSSR count). The Kier molecular flexibility index (Phi) is 5.83. The minimum atomic E-state index is -0.329. The van der Waals surface area contributed by atoms with Crippen molar-refractivity contribution in [1.29, 1.82) is 0 Å². The SMILES string of the molecule is CC(C)c1nnc(NCCNC(=O)Cc2cccc(F)c2)s1. The third-order valence-electron chi connectivity index (χ3n) is 2.91. The number of anilines is 1. The summed E-state index contributed by atoms with van der Waals surface area (Å²) in [6.07, 6.45) is 0.175. The van der Waals surface area contributed by atoms with Crippen LogP contribution < -0.4 is 10.6 Å². The molecule has 1 aromatic heterocycles. The maximum atomic E-state index is 13.0. The Hall–Kier alpha value is -2.02. The van der Waals surface area contributed by atoms with E-state index in [-0.39, 0.29) is 18.1 Å². The molecule has 0 bridgehead atoms. The number of carbonyl (C=O) groups is 1. The molecule has 1 amide bonds. The van der Waals surface area contributed by atoms with E-state index in [0.717, 1.165) is 10.1 Å². The summed E-state index contributed by atoms with van der Waals surface area (Å²) in [7, 11) is 0. The molecule has 1 heterocycles. The number of benzene rings is 1. The largest absolute Gasteiger partial charge is 0.358 e. The molecule has 0 saturated heterocycles. The fraction of sp³-hybridized carbons (Fsp3) is 0.400. The molecule has 22 heavy (non-hydrogen) atoms. The first-order valence-corrected chi connectivity index (χ1v) is 7.94. The van der Waals surface area contributed by atoms with E-state index in [4.69, 9.17) is 0 Å². The van der Waals surface area contributed by atoms with Crippen molar-refractivity contribution in [2.24, 2.45) is 0 Å². The lowest BCUT2D eigenvalue weighted by Crippen LogP contribution is -2.30. The fourth-order valence-corrected chi connectivity index (χ4v) is 2.58. The molecule has 2 N–H and O–H groups in total. The molecule has 2 aromatic rings. The van der Waals surface area contributed by atoms with E-state index in [1.807, 2.05) is 0 Å². The topological polar surface area (TPSA) is 66.9 Å². The van der Waals surface area contributed by atoms with Gasteiger partial charge in [-0.3, -0.25) is 4.79 Å². The summed E-state index contributed by atoms with van der Waals surface area (Å²) in [6, 6.07) is 6.06. The molecule has 0 saturated carbocycles. The number of halogens is 1. The minimum Gasteiger partial charge on any atom is -0.358 e. The van der Waals surface area contributed by atoms with Gasteiger partial charge in [-0.25, -0.2) is 4.39 Å². The quantitative estimate of drug-likeness (QED) is 0.769. The van der Waals surface area contributed by atoms with E-state index in [9.17, 15) is 9.18 Å². The smallest absolute Gasteiger partial charge is 0.224 e. The molecular formula is C15H19FN4OS. The summed E-state index contributed by atoms with van der Waals surface area (Å²) in [5.41, 5.74) is 0.663. The van der Waals surface area contributed by atoms with Gasteiger partial charge in [-0.1, -0.05) is 37.3 Å². The first-order valence-electron chi connectivity index (χ1n) is 7.13. The van der Waals surface area contributed by atoms with Crippen molar-refractivity contribution in [3.05, 3.63) is 40.7 Å². The highest BCUT2D eigenvalue weighted by atomic mass is 32.1. The Bertz CT molecular complexity index is 630. The van der Waals surface area contributed by atoms with Gasteiger partial charge in [0.1, 0.15) is 10.8 Å². The van der Waals surface area contributed by atoms with Gasteiger partial charge < -0.3 is 10.6 Å². The maximum Gasteiger partial charge on any atom is 0.224 e. The van der Waals surface area contributed by atoms with Crippen LogP contribution in [0.4, 0.5) is 9.52 Å². The predicted molar refractivity (Wildman–Crippen MR) is 85.6 cm³/mol. The maximum absolute atomic E-state index is 13.0. The summed E-state index contributed by atoms with van der Waals surface area (Å²) in [6.45, 7) is 5.18. The fourth-order valence-electron chi connectivity index (χ4n) is 1.81. The van der Waals surface area contributed by atoms with Crippen molar-refractivity contribution in [1.82, 2.24) is 15.5 Å². The van der Waals surface area contributed by atoms with Gasteiger partial charge in [-0.05, 0) is 17.7 Å². The van der Waals surface area contributed by atoms with E-state index in [0.29, 0.717) is 24.6 Å². The van der Waals surface area contributed by atoms with E-state index >= 15 is 0 Å². The number of amides is 1. The summed E-state index contributed by atoms with van der Waals surface area (Å²) in [5, 5.41) is 15.7. The lowest BCUT2D eigenvalue weighted by Gasteiger charge is -2.06. The van der Waals surface area contributed by atoms with E-state index in [1.165, 1.54) is 23.5 Å². The number of nitrogens with zero attached hydrogens (tertiary/aromatic N) is 2. The average molecular weight is 322 g/mol. The Morgan fingerprint density at radius 1 is 1.32 bits per heavy atom. The Morgan fingerprint density at radius 2 is 2.14 bits per heavy atom. The average Bonchev–Trinajstić information content (AvgIpc) is 2.93. The van der Waals surface area contributed by atoms with E-state index in [2.05, 4.69) is 34.7 Å². The van der Waals surface area contributed by atoms with Crippen molar-refractivity contribution in [2.75, 3.05) is 18.4 Å². The Morgan fingerprint density at radius 3 is 2.82 bits per heavy atom. The monoisotopic (exact) mass is 322 g/mol. The van der Waals surface area contributed by atoms with Gasteiger partial charge in [0, 0.05) is 19.0 Å². The van der Waals surface area contributed by atoms with Gasteiger partial charge in [0.05, 0.1) is 6.42 Å². The van der Waals surface area contributed by atoms with Gasteiger partial charge >= 0.3 is 0 Å². The summed E-state index contributed by atoms with van der Waals surface area (Å²) in [5.74, 6) is -0.101. The number of carbonyl (C=O) groups excluding carboxylic acids is 1. The molecule has 7 heteroatoms. The second-order valence-electron chi connectivity index (χ2n) is 5.18. The van der Waals surface area contributed by atoms with Gasteiger partial charge in [0.15, 0.2) is 0 Å². The van der Waals surface area contributed by atoms with Crippen molar-refractivity contribution in [2.45, 2.75) is 26.2 Å². The van der Waals surface area contributed by atoms with Crippen molar-refractivity contribution >= 4 is 22.4 Å². The normalized spacial score (nSPS) is 10.7. The van der Waals surface area contributed by atoms with E-state index in [1.54, 1.807) is 12.1 Å². The summed E-state index contributed by atoms with van der Waals surface area (Å²) in [4.78, 5) is 11.7. The second-order valence-corrected chi connectivity index (χ2v) is 6.19. The summed E-state index contributed by atoms with van der Waals surface area (Å²) < 4.78 is 13.0. The lowest BCUT2D eigenvalue weighted by molar-refractivity contribution is -0.120. The second kappa shape index (κ2) is 7.84. The van der Waals surface area contributed by atoms with Gasteiger partial charge in [0.2, 0.25) is 11.0 Å². The van der Waals surface area contributed by atoms with Crippen molar-refractivity contribution < 1.29 is 9.18 Å². The Balaban J connectivity index is 1.68. The van der Waals surface area contributed by atoms with Gasteiger partial charge in [-0.2, -0.15) is 0 Å². The van der Waals surface area contributed by atoms with Crippen molar-refractivity contribution in [3.63, 3.8) is 0 Å². The molecule has 0 aliphatic heterocycles. The van der Waals surface area contributed by atoms with Crippen LogP contribution in [0.1, 0.15) is 30.3 Å². The third-order valence-corrected chi connectivity index (χ3v) is 4.09.